The van der Waals surface area contributed by atoms with Crippen LogP contribution in [-0.2, 0) is 0 Å². The average molecular weight is 377 g/mol. The van der Waals surface area contributed by atoms with Crippen molar-refractivity contribution in [2.75, 3.05) is 26.2 Å². The number of carbonyl (C=O) groups excluding carboxylic acids is 1. The fourth-order valence-corrected chi connectivity index (χ4v) is 4.06. The monoisotopic (exact) mass is 377 g/mol. The lowest BCUT2D eigenvalue weighted by molar-refractivity contribution is 0.101. The minimum atomic E-state index is 0.0987. The highest BCUT2D eigenvalue weighted by atomic mass is 31.0. The van der Waals surface area contributed by atoms with Gasteiger partial charge in [-0.1, -0.05) is 57.9 Å². The van der Waals surface area contributed by atoms with Gasteiger partial charge in [-0.05, 0) is 18.6 Å². The van der Waals surface area contributed by atoms with E-state index >= 15 is 0 Å². The van der Waals surface area contributed by atoms with Crippen molar-refractivity contribution in [3.8, 4) is 0 Å². The van der Waals surface area contributed by atoms with Crippen LogP contribution in [0, 0.1) is 0 Å². The molecule has 27 heavy (non-hydrogen) atoms. The summed E-state index contributed by atoms with van der Waals surface area (Å²) in [5.41, 5.74) is 4.23. The second-order valence-electron chi connectivity index (χ2n) is 7.08. The van der Waals surface area contributed by atoms with Crippen LogP contribution in [0.4, 0.5) is 0 Å². The number of hydrogen-bond acceptors (Lipinski definition) is 4. The van der Waals surface area contributed by atoms with E-state index in [1.54, 1.807) is 6.92 Å². The van der Waals surface area contributed by atoms with E-state index in [2.05, 4.69) is 60.3 Å². The van der Waals surface area contributed by atoms with Crippen molar-refractivity contribution in [3.05, 3.63) is 77.5 Å². The molecule has 1 aliphatic heterocycles. The van der Waals surface area contributed by atoms with E-state index < -0.39 is 0 Å². The van der Waals surface area contributed by atoms with E-state index in [4.69, 9.17) is 0 Å². The minimum Gasteiger partial charge on any atom is -0.295 e. The van der Waals surface area contributed by atoms with Crippen molar-refractivity contribution < 1.29 is 4.79 Å². The van der Waals surface area contributed by atoms with Gasteiger partial charge >= 0.3 is 0 Å². The predicted molar refractivity (Wildman–Crippen MR) is 113 cm³/mol. The van der Waals surface area contributed by atoms with E-state index in [0.29, 0.717) is 0 Å². The lowest BCUT2D eigenvalue weighted by Gasteiger charge is -2.38. The molecule has 1 saturated heterocycles. The van der Waals surface area contributed by atoms with Crippen molar-refractivity contribution >= 4 is 26.1 Å². The second kappa shape index (κ2) is 7.85. The van der Waals surface area contributed by atoms with Gasteiger partial charge in [0.1, 0.15) is 0 Å². The number of nitrogens with zero attached hydrogens (tertiary/aromatic N) is 3. The molecule has 4 nitrogen and oxygen atoms in total. The molecule has 0 amide bonds. The average Bonchev–Trinajstić information content (AvgIpc) is 2.70. The lowest BCUT2D eigenvalue weighted by Crippen LogP contribution is -2.44. The van der Waals surface area contributed by atoms with Crippen molar-refractivity contribution in [3.63, 3.8) is 0 Å². The molecule has 0 N–H and O–H groups in total. The van der Waals surface area contributed by atoms with E-state index in [0.717, 1.165) is 42.6 Å². The van der Waals surface area contributed by atoms with Gasteiger partial charge in [0.25, 0.3) is 0 Å². The molecule has 0 aliphatic carbocycles. The van der Waals surface area contributed by atoms with Gasteiger partial charge in [-0.25, -0.2) is 0 Å². The zero-order chi connectivity index (χ0) is 18.8. The maximum Gasteiger partial charge on any atom is 0.159 e. The van der Waals surface area contributed by atoms with Crippen LogP contribution in [0.15, 0.2) is 60.8 Å². The molecule has 1 fully saturated rings. The Morgan fingerprint density at radius 1 is 1.00 bits per heavy atom. The molecule has 2 atom stereocenters. The number of benzene rings is 2. The Hall–Kier alpha value is -2.13. The van der Waals surface area contributed by atoms with Crippen molar-refractivity contribution in [1.29, 1.82) is 0 Å². The van der Waals surface area contributed by atoms with Gasteiger partial charge in [-0.2, -0.15) is 0 Å². The van der Waals surface area contributed by atoms with Crippen LogP contribution in [0.25, 0.3) is 10.9 Å². The Morgan fingerprint density at radius 3 is 2.41 bits per heavy atom. The number of carbonyl (C=O) groups is 1. The maximum atomic E-state index is 11.7. The highest BCUT2D eigenvalue weighted by Gasteiger charge is 2.27. The first kappa shape index (κ1) is 18.2. The van der Waals surface area contributed by atoms with Gasteiger partial charge in [0, 0.05) is 48.9 Å². The zero-order valence-corrected chi connectivity index (χ0v) is 16.7. The van der Waals surface area contributed by atoms with Crippen LogP contribution >= 0.6 is 9.39 Å². The Kier molecular flexibility index (Phi) is 5.31. The fourth-order valence-electron chi connectivity index (χ4n) is 3.83. The fraction of sp³-hybridized carbons (Fsp3) is 0.273. The summed E-state index contributed by atoms with van der Waals surface area (Å²) >= 11 is 0. The molecule has 0 spiro atoms. The van der Waals surface area contributed by atoms with Gasteiger partial charge < -0.3 is 0 Å². The van der Waals surface area contributed by atoms with Gasteiger partial charge in [0.2, 0.25) is 0 Å². The highest BCUT2D eigenvalue weighted by molar-refractivity contribution is 7.13. The van der Waals surface area contributed by atoms with Crippen LogP contribution in [0.2, 0.25) is 0 Å². The van der Waals surface area contributed by atoms with Crippen LogP contribution in [-0.4, -0.2) is 46.5 Å². The van der Waals surface area contributed by atoms with E-state index in [9.17, 15) is 4.79 Å². The highest BCUT2D eigenvalue weighted by Crippen LogP contribution is 2.34. The first-order valence-electron chi connectivity index (χ1n) is 9.32. The summed E-state index contributed by atoms with van der Waals surface area (Å²) in [6, 6.07) is 18.7. The molecule has 0 bridgehead atoms. The number of rotatable bonds is 4. The number of aromatic nitrogens is 1. The quantitative estimate of drug-likeness (QED) is 0.510. The third-order valence-corrected chi connectivity index (χ3v) is 5.82. The minimum absolute atomic E-state index is 0.0987. The van der Waals surface area contributed by atoms with E-state index in [1.165, 1.54) is 11.1 Å². The SMILES string of the molecule is CC(=O)c1ccc(C(c2cccc3cccnc23)N2CCN(P)CC2)cc1. The molecule has 3 aromatic rings. The zero-order valence-electron chi connectivity index (χ0n) is 15.5. The van der Waals surface area contributed by atoms with E-state index in [1.807, 2.05) is 24.4 Å². The van der Waals surface area contributed by atoms with Crippen molar-refractivity contribution in [2.24, 2.45) is 0 Å². The third-order valence-electron chi connectivity index (χ3n) is 5.31. The number of ketones is 1. The summed E-state index contributed by atoms with van der Waals surface area (Å²) < 4.78 is 2.29. The molecule has 2 aromatic carbocycles. The Labute approximate surface area is 162 Å². The lowest BCUT2D eigenvalue weighted by atomic mass is 9.93. The van der Waals surface area contributed by atoms with E-state index in [-0.39, 0.29) is 11.8 Å². The summed E-state index contributed by atoms with van der Waals surface area (Å²) in [6.45, 7) is 5.63. The van der Waals surface area contributed by atoms with Crippen molar-refractivity contribution in [1.82, 2.24) is 14.6 Å². The van der Waals surface area contributed by atoms with Gasteiger partial charge in [0.05, 0.1) is 11.6 Å². The molecule has 2 unspecified atom stereocenters. The third kappa shape index (κ3) is 3.79. The molecular weight excluding hydrogens is 353 g/mol. The molecule has 1 aliphatic rings. The predicted octanol–water partition coefficient (Wildman–Crippen LogP) is 3.93. The summed E-state index contributed by atoms with van der Waals surface area (Å²) in [7, 11) is 2.81. The molecule has 0 radical (unpaired) electrons. The van der Waals surface area contributed by atoms with Crippen molar-refractivity contribution in [2.45, 2.75) is 13.0 Å². The molecule has 2 heterocycles. The molecule has 5 heteroatoms. The number of hydrogen-bond donors (Lipinski definition) is 0. The summed E-state index contributed by atoms with van der Waals surface area (Å²) in [4.78, 5) is 18.9. The molecule has 138 valence electrons. The first-order chi connectivity index (χ1) is 13.1. The van der Waals surface area contributed by atoms with Gasteiger partial charge in [0.15, 0.2) is 5.78 Å². The standard InChI is InChI=1S/C22H24N3OP/c1-16(26)17-7-9-19(10-8-17)22(24-12-14-25(27)15-13-24)20-6-2-4-18-5-3-11-23-21(18)20/h2-11,22H,12-15,27H2,1H3. The summed E-state index contributed by atoms with van der Waals surface area (Å²) in [5.74, 6) is 0.0987. The first-order valence-corrected chi connectivity index (χ1v) is 9.83. The number of pyridine rings is 1. The Bertz CT molecular complexity index is 944. The number of fused-ring (bicyclic) bond motifs is 1. The Balaban J connectivity index is 1.81. The maximum absolute atomic E-state index is 11.7. The second-order valence-corrected chi connectivity index (χ2v) is 7.81. The summed E-state index contributed by atoms with van der Waals surface area (Å²) in [5, 5.41) is 1.16. The molecule has 1 aromatic heterocycles. The number of para-hydroxylation sites is 1. The van der Waals surface area contributed by atoms with Crippen LogP contribution in [0.5, 0.6) is 0 Å². The number of piperazine rings is 1. The van der Waals surface area contributed by atoms with Crippen LogP contribution in [0.1, 0.15) is 34.5 Å². The smallest absolute Gasteiger partial charge is 0.159 e. The normalized spacial score (nSPS) is 17.1. The summed E-state index contributed by atoms with van der Waals surface area (Å²) in [6.07, 6.45) is 1.86. The van der Waals surface area contributed by atoms with Crippen LogP contribution in [0.3, 0.4) is 0 Å². The Morgan fingerprint density at radius 2 is 1.70 bits per heavy atom. The van der Waals surface area contributed by atoms with Crippen LogP contribution < -0.4 is 0 Å². The topological polar surface area (TPSA) is 36.4 Å². The number of Topliss-reactive ketones (excluding diaryl/α,β-unsaturated/α-hetero) is 1. The molecular formula is C22H24N3OP. The van der Waals surface area contributed by atoms with Gasteiger partial charge in [-0.15, -0.1) is 0 Å². The van der Waals surface area contributed by atoms with Gasteiger partial charge in [-0.3, -0.25) is 19.3 Å². The molecule has 4 rings (SSSR count). The molecule has 0 saturated carbocycles. The largest absolute Gasteiger partial charge is 0.295 e.